The summed E-state index contributed by atoms with van der Waals surface area (Å²) >= 11 is 0. The monoisotopic (exact) mass is 742 g/mol. The van der Waals surface area contributed by atoms with Gasteiger partial charge >= 0.3 is 35.8 Å². The highest BCUT2D eigenvalue weighted by Crippen LogP contribution is 2.20. The van der Waals surface area contributed by atoms with E-state index in [1.165, 1.54) is 13.8 Å². The minimum Gasteiger partial charge on any atom is -0.478 e. The molecule has 1 aromatic rings. The minimum atomic E-state index is -1.62. The van der Waals surface area contributed by atoms with Gasteiger partial charge in [-0.2, -0.15) is 0 Å². The van der Waals surface area contributed by atoms with Gasteiger partial charge in [-0.05, 0) is 26.0 Å². The molecule has 2 N–H and O–H groups in total. The molecule has 0 aliphatic rings. The molecule has 0 spiro atoms. The number of benzene rings is 1. The van der Waals surface area contributed by atoms with Crippen LogP contribution in [0.5, 0.6) is 0 Å². The predicted molar refractivity (Wildman–Crippen MR) is 177 cm³/mol. The van der Waals surface area contributed by atoms with Crippen molar-refractivity contribution in [1.29, 1.82) is 0 Å². The summed E-state index contributed by atoms with van der Waals surface area (Å²) in [5, 5.41) is 19.2. The number of rotatable bonds is 30. The predicted octanol–water partition coefficient (Wildman–Crippen LogP) is 1.73. The molecule has 18 heteroatoms. The Labute approximate surface area is 300 Å². The maximum atomic E-state index is 12.7. The van der Waals surface area contributed by atoms with Gasteiger partial charge in [-0.15, -0.1) is 0 Å². The lowest BCUT2D eigenvalue weighted by Crippen LogP contribution is -2.20. The van der Waals surface area contributed by atoms with Gasteiger partial charge in [-0.25, -0.2) is 28.8 Å². The van der Waals surface area contributed by atoms with Crippen LogP contribution in [0.2, 0.25) is 0 Å². The zero-order valence-electron chi connectivity index (χ0n) is 29.3. The number of ether oxygens (including phenoxy) is 10. The van der Waals surface area contributed by atoms with Crippen molar-refractivity contribution in [3.05, 3.63) is 58.7 Å². The zero-order valence-corrected chi connectivity index (χ0v) is 29.3. The lowest BCUT2D eigenvalue weighted by atomic mass is 9.98. The Morgan fingerprint density at radius 1 is 0.423 bits per heavy atom. The molecule has 0 heterocycles. The zero-order chi connectivity index (χ0) is 38.7. The maximum Gasteiger partial charge on any atom is 0.339 e. The topological polar surface area (TPSA) is 235 Å². The first-order valence-electron chi connectivity index (χ1n) is 16.0. The molecule has 290 valence electrons. The molecule has 0 radical (unpaired) electrons. The van der Waals surface area contributed by atoms with Gasteiger partial charge in [-0.3, -0.25) is 0 Å². The van der Waals surface area contributed by atoms with Crippen LogP contribution < -0.4 is 0 Å². The SMILES string of the molecule is C=C(C)C(=O)OCCOCCOCCOCCOC(=O)c1cc(C(=O)OCCOCCOCCOCCOC(=O)C(=C)C)c(C(=O)O)cc1C(=O)O. The first kappa shape index (κ1) is 45.3. The Hall–Kier alpha value is -4.72. The van der Waals surface area contributed by atoms with E-state index in [0.29, 0.717) is 17.2 Å². The van der Waals surface area contributed by atoms with E-state index < -0.39 is 58.1 Å². The van der Waals surface area contributed by atoms with Crippen LogP contribution in [-0.2, 0) is 57.0 Å². The van der Waals surface area contributed by atoms with Crippen molar-refractivity contribution in [3.8, 4) is 0 Å². The van der Waals surface area contributed by atoms with Crippen LogP contribution >= 0.6 is 0 Å². The molecule has 1 rings (SSSR count). The number of hydrogen-bond acceptors (Lipinski definition) is 16. The molecule has 0 amide bonds. The van der Waals surface area contributed by atoms with E-state index in [0.717, 1.165) is 6.07 Å². The molecule has 0 bridgehead atoms. The van der Waals surface area contributed by atoms with Crippen LogP contribution in [0.25, 0.3) is 0 Å². The third-order valence-electron chi connectivity index (χ3n) is 6.09. The van der Waals surface area contributed by atoms with Crippen molar-refractivity contribution in [2.75, 3.05) is 106 Å². The average Bonchev–Trinajstić information content (AvgIpc) is 3.10. The number of carbonyl (C=O) groups excluding carboxylic acids is 4. The second-order valence-corrected chi connectivity index (χ2v) is 10.3. The van der Waals surface area contributed by atoms with Crippen LogP contribution in [-0.4, -0.2) is 152 Å². The third-order valence-corrected chi connectivity index (χ3v) is 6.09. The minimum absolute atomic E-state index is 0.0716. The summed E-state index contributed by atoms with van der Waals surface area (Å²) in [6.45, 7) is 11.5. The molecular weight excluding hydrogens is 696 g/mol. The molecule has 0 saturated heterocycles. The number of carbonyl (C=O) groups is 6. The molecule has 0 fully saturated rings. The second kappa shape index (κ2) is 27.0. The van der Waals surface area contributed by atoms with E-state index in [-0.39, 0.29) is 106 Å². The smallest absolute Gasteiger partial charge is 0.339 e. The van der Waals surface area contributed by atoms with Crippen LogP contribution in [0.4, 0.5) is 0 Å². The second-order valence-electron chi connectivity index (χ2n) is 10.3. The largest absolute Gasteiger partial charge is 0.478 e. The van der Waals surface area contributed by atoms with Crippen LogP contribution in [0.3, 0.4) is 0 Å². The van der Waals surface area contributed by atoms with Crippen molar-refractivity contribution in [1.82, 2.24) is 0 Å². The fraction of sp³-hybridized carbons (Fsp3) is 0.529. The molecular formula is C34H46O18. The van der Waals surface area contributed by atoms with Gasteiger partial charge in [0, 0.05) is 11.1 Å². The molecule has 1 aromatic carbocycles. The van der Waals surface area contributed by atoms with Crippen LogP contribution in [0.1, 0.15) is 55.3 Å². The summed E-state index contributed by atoms with van der Waals surface area (Å²) < 4.78 is 51.7. The summed E-state index contributed by atoms with van der Waals surface area (Å²) in [4.78, 5) is 71.6. The van der Waals surface area contributed by atoms with E-state index >= 15 is 0 Å². The van der Waals surface area contributed by atoms with Crippen molar-refractivity contribution in [2.24, 2.45) is 0 Å². The summed E-state index contributed by atoms with van der Waals surface area (Å²) in [5.41, 5.74) is -1.92. The molecule has 0 aromatic heterocycles. The lowest BCUT2D eigenvalue weighted by Gasteiger charge is -2.13. The van der Waals surface area contributed by atoms with E-state index in [4.69, 9.17) is 47.4 Å². The van der Waals surface area contributed by atoms with Crippen LogP contribution in [0, 0.1) is 0 Å². The Kier molecular flexibility index (Phi) is 23.5. The van der Waals surface area contributed by atoms with E-state index in [1.807, 2.05) is 0 Å². The Morgan fingerprint density at radius 3 is 0.904 bits per heavy atom. The van der Waals surface area contributed by atoms with Crippen LogP contribution in [0.15, 0.2) is 36.4 Å². The maximum absolute atomic E-state index is 12.7. The van der Waals surface area contributed by atoms with Gasteiger partial charge in [0.15, 0.2) is 0 Å². The number of esters is 4. The first-order chi connectivity index (χ1) is 24.9. The van der Waals surface area contributed by atoms with Gasteiger partial charge in [0.1, 0.15) is 26.4 Å². The summed E-state index contributed by atoms with van der Waals surface area (Å²) in [5.74, 6) is -6.49. The van der Waals surface area contributed by atoms with Crippen molar-refractivity contribution in [2.45, 2.75) is 13.8 Å². The van der Waals surface area contributed by atoms with Gasteiger partial charge in [0.05, 0.1) is 102 Å². The van der Waals surface area contributed by atoms with Crippen molar-refractivity contribution in [3.63, 3.8) is 0 Å². The average molecular weight is 743 g/mol. The normalized spacial score (nSPS) is 10.7. The van der Waals surface area contributed by atoms with Gasteiger partial charge < -0.3 is 57.6 Å². The molecule has 0 aliphatic carbocycles. The highest BCUT2D eigenvalue weighted by atomic mass is 16.6. The van der Waals surface area contributed by atoms with Gasteiger partial charge in [0.2, 0.25) is 0 Å². The number of carboxylic acid groups (broad SMARTS) is 2. The van der Waals surface area contributed by atoms with Gasteiger partial charge in [0.25, 0.3) is 0 Å². The Bertz CT molecular complexity index is 1260. The number of hydrogen-bond donors (Lipinski definition) is 2. The van der Waals surface area contributed by atoms with Crippen molar-refractivity contribution >= 4 is 35.8 Å². The third kappa shape index (κ3) is 19.6. The molecule has 0 unspecified atom stereocenters. The summed E-state index contributed by atoms with van der Waals surface area (Å²) in [6, 6.07) is 1.47. The summed E-state index contributed by atoms with van der Waals surface area (Å²) in [6.07, 6.45) is 0. The highest BCUT2D eigenvalue weighted by molar-refractivity contribution is 6.09. The van der Waals surface area contributed by atoms with E-state index in [1.54, 1.807) is 0 Å². The van der Waals surface area contributed by atoms with E-state index in [2.05, 4.69) is 13.2 Å². The Balaban J connectivity index is 2.40. The van der Waals surface area contributed by atoms with E-state index in [9.17, 15) is 39.0 Å². The van der Waals surface area contributed by atoms with Crippen molar-refractivity contribution < 1.29 is 86.3 Å². The molecule has 0 aliphatic heterocycles. The number of aromatic carboxylic acids is 2. The molecule has 18 nitrogen and oxygen atoms in total. The quantitative estimate of drug-likeness (QED) is 0.0494. The molecule has 0 saturated carbocycles. The highest BCUT2D eigenvalue weighted by Gasteiger charge is 2.27. The van der Waals surface area contributed by atoms with Gasteiger partial charge in [-0.1, -0.05) is 13.2 Å². The lowest BCUT2D eigenvalue weighted by molar-refractivity contribution is -0.141. The first-order valence-corrected chi connectivity index (χ1v) is 16.0. The molecule has 0 atom stereocenters. The Morgan fingerprint density at radius 2 is 0.654 bits per heavy atom. The standard InChI is InChI=1S/C34H46O18/c1-23(2)31(39)49-17-13-45-9-5-43-7-11-47-15-19-51-33(41)27-22-28(26(30(37)38)21-25(27)29(35)36)34(42)52-20-16-48-12-8-44-6-10-46-14-18-50-32(40)24(3)4/h21-22H,1,3,5-20H2,2,4H3,(H,35,36)(H,37,38). The number of carboxylic acids is 2. The fourth-order valence-electron chi connectivity index (χ4n) is 3.55. The molecule has 52 heavy (non-hydrogen) atoms. The summed E-state index contributed by atoms with van der Waals surface area (Å²) in [7, 11) is 0. The fourth-order valence-corrected chi connectivity index (χ4v) is 3.55.